The first-order valence-electron chi connectivity index (χ1n) is 6.70. The Hall–Kier alpha value is -0.910. The van der Waals surface area contributed by atoms with Crippen LogP contribution in [-0.4, -0.2) is 30.9 Å². The van der Waals surface area contributed by atoms with Crippen LogP contribution in [0.5, 0.6) is 0 Å². The zero-order chi connectivity index (χ0) is 14.0. The van der Waals surface area contributed by atoms with E-state index in [2.05, 4.69) is 6.92 Å². The maximum atomic E-state index is 12.6. The normalized spacial score (nSPS) is 20.9. The summed E-state index contributed by atoms with van der Waals surface area (Å²) in [6.45, 7) is 4.93. The highest BCUT2D eigenvalue weighted by atomic mass is 32.2. The maximum Gasteiger partial charge on any atom is 0.243 e. The summed E-state index contributed by atoms with van der Waals surface area (Å²) >= 11 is 0. The summed E-state index contributed by atoms with van der Waals surface area (Å²) in [6, 6.07) is 5.08. The van der Waals surface area contributed by atoms with E-state index in [1.54, 1.807) is 29.4 Å². The van der Waals surface area contributed by atoms with E-state index in [9.17, 15) is 13.5 Å². The van der Waals surface area contributed by atoms with Crippen LogP contribution < -0.4 is 0 Å². The molecule has 0 radical (unpaired) electrons. The van der Waals surface area contributed by atoms with Crippen LogP contribution in [-0.2, 0) is 16.6 Å². The van der Waals surface area contributed by atoms with Gasteiger partial charge in [-0.15, -0.1) is 0 Å². The molecule has 1 aliphatic rings. The molecule has 1 atom stereocenters. The lowest BCUT2D eigenvalue weighted by molar-refractivity contribution is 0.280. The molecule has 1 aromatic carbocycles. The average molecular weight is 283 g/mol. The summed E-state index contributed by atoms with van der Waals surface area (Å²) in [5.41, 5.74) is 1.33. The topological polar surface area (TPSA) is 57.6 Å². The molecule has 1 fully saturated rings. The summed E-state index contributed by atoms with van der Waals surface area (Å²) in [5.74, 6) is 0.469. The lowest BCUT2D eigenvalue weighted by atomic mass is 10.1. The molecule has 2 rings (SSSR count). The van der Waals surface area contributed by atoms with Gasteiger partial charge < -0.3 is 5.11 Å². The summed E-state index contributed by atoms with van der Waals surface area (Å²) in [7, 11) is -3.42. The molecule has 1 heterocycles. The molecular weight excluding hydrogens is 262 g/mol. The van der Waals surface area contributed by atoms with Gasteiger partial charge in [-0.05, 0) is 36.5 Å². The third-order valence-electron chi connectivity index (χ3n) is 4.01. The number of hydrogen-bond acceptors (Lipinski definition) is 3. The van der Waals surface area contributed by atoms with Crippen molar-refractivity contribution in [2.24, 2.45) is 5.92 Å². The van der Waals surface area contributed by atoms with Crippen molar-refractivity contribution in [2.45, 2.75) is 38.2 Å². The van der Waals surface area contributed by atoms with Crippen LogP contribution in [0.2, 0.25) is 0 Å². The van der Waals surface area contributed by atoms with E-state index in [0.717, 1.165) is 12.8 Å². The zero-order valence-corrected chi connectivity index (χ0v) is 12.3. The minimum atomic E-state index is -3.42. The zero-order valence-electron chi connectivity index (χ0n) is 11.5. The Morgan fingerprint density at radius 2 is 2.16 bits per heavy atom. The minimum absolute atomic E-state index is 0.132. The lowest BCUT2D eigenvalue weighted by Gasteiger charge is -2.19. The first-order chi connectivity index (χ1) is 9.00. The van der Waals surface area contributed by atoms with Crippen molar-refractivity contribution in [3.63, 3.8) is 0 Å². The Balaban J connectivity index is 2.35. The van der Waals surface area contributed by atoms with Gasteiger partial charge in [-0.1, -0.05) is 25.5 Å². The summed E-state index contributed by atoms with van der Waals surface area (Å²) in [6.07, 6.45) is 1.95. The molecule has 106 valence electrons. The van der Waals surface area contributed by atoms with Crippen LogP contribution >= 0.6 is 0 Å². The van der Waals surface area contributed by atoms with Crippen molar-refractivity contribution in [2.75, 3.05) is 13.1 Å². The van der Waals surface area contributed by atoms with E-state index in [4.69, 9.17) is 0 Å². The average Bonchev–Trinajstić information content (AvgIpc) is 2.88. The highest BCUT2D eigenvalue weighted by Gasteiger charge is 2.32. The first kappa shape index (κ1) is 14.5. The van der Waals surface area contributed by atoms with Crippen molar-refractivity contribution >= 4 is 10.0 Å². The van der Waals surface area contributed by atoms with E-state index in [-0.39, 0.29) is 6.61 Å². The number of hydrogen-bond donors (Lipinski definition) is 1. The van der Waals surface area contributed by atoms with E-state index < -0.39 is 10.0 Å². The number of aliphatic hydroxyl groups is 1. The van der Waals surface area contributed by atoms with Gasteiger partial charge in [0.1, 0.15) is 0 Å². The van der Waals surface area contributed by atoms with Gasteiger partial charge in [0, 0.05) is 13.1 Å². The summed E-state index contributed by atoms with van der Waals surface area (Å²) in [5, 5.41) is 9.25. The maximum absolute atomic E-state index is 12.6. The Morgan fingerprint density at radius 1 is 1.42 bits per heavy atom. The number of benzene rings is 1. The van der Waals surface area contributed by atoms with Gasteiger partial charge in [-0.3, -0.25) is 0 Å². The van der Waals surface area contributed by atoms with Crippen LogP contribution in [0.4, 0.5) is 0 Å². The second kappa shape index (κ2) is 5.61. The van der Waals surface area contributed by atoms with Gasteiger partial charge in [0.2, 0.25) is 10.0 Å². The third-order valence-corrected chi connectivity index (χ3v) is 6.02. The van der Waals surface area contributed by atoms with Gasteiger partial charge >= 0.3 is 0 Å². The second-order valence-electron chi connectivity index (χ2n) is 5.12. The second-order valence-corrected chi connectivity index (χ2v) is 7.03. The van der Waals surface area contributed by atoms with Crippen LogP contribution in [0.3, 0.4) is 0 Å². The van der Waals surface area contributed by atoms with Crippen molar-refractivity contribution in [3.05, 3.63) is 29.3 Å². The van der Waals surface area contributed by atoms with Gasteiger partial charge in [-0.25, -0.2) is 8.42 Å². The fourth-order valence-electron chi connectivity index (χ4n) is 2.60. The fraction of sp³-hybridized carbons (Fsp3) is 0.571. The highest BCUT2D eigenvalue weighted by molar-refractivity contribution is 7.89. The van der Waals surface area contributed by atoms with Crippen LogP contribution in [0, 0.1) is 12.8 Å². The van der Waals surface area contributed by atoms with Crippen molar-refractivity contribution in [1.29, 1.82) is 0 Å². The predicted molar refractivity (Wildman–Crippen MR) is 74.3 cm³/mol. The Labute approximate surface area is 115 Å². The molecule has 0 saturated carbocycles. The molecule has 0 bridgehead atoms. The number of rotatable bonds is 4. The molecule has 1 unspecified atom stereocenters. The van der Waals surface area contributed by atoms with Gasteiger partial charge in [-0.2, -0.15) is 4.31 Å². The van der Waals surface area contributed by atoms with Crippen LogP contribution in [0.15, 0.2) is 23.1 Å². The minimum Gasteiger partial charge on any atom is -0.392 e. The molecule has 1 N–H and O–H groups in total. The Kier molecular flexibility index (Phi) is 4.28. The molecule has 0 aromatic heterocycles. The molecule has 5 heteroatoms. The van der Waals surface area contributed by atoms with E-state index in [1.807, 2.05) is 0 Å². The summed E-state index contributed by atoms with van der Waals surface area (Å²) < 4.78 is 26.8. The van der Waals surface area contributed by atoms with Crippen LogP contribution in [0.25, 0.3) is 0 Å². The molecule has 1 aliphatic heterocycles. The number of nitrogens with zero attached hydrogens (tertiary/aromatic N) is 1. The van der Waals surface area contributed by atoms with E-state index >= 15 is 0 Å². The highest BCUT2D eigenvalue weighted by Crippen LogP contribution is 2.28. The van der Waals surface area contributed by atoms with Gasteiger partial charge in [0.25, 0.3) is 0 Å². The molecule has 0 amide bonds. The van der Waals surface area contributed by atoms with Crippen LogP contribution in [0.1, 0.15) is 30.9 Å². The number of aliphatic hydroxyl groups excluding tert-OH is 1. The third kappa shape index (κ3) is 2.68. The quantitative estimate of drug-likeness (QED) is 0.918. The molecular formula is C14H21NO3S. The molecule has 19 heavy (non-hydrogen) atoms. The summed E-state index contributed by atoms with van der Waals surface area (Å²) in [4.78, 5) is 0.329. The number of sulfonamides is 1. The largest absolute Gasteiger partial charge is 0.392 e. The lowest BCUT2D eigenvalue weighted by Crippen LogP contribution is -2.29. The van der Waals surface area contributed by atoms with Crippen molar-refractivity contribution < 1.29 is 13.5 Å². The Bertz CT molecular complexity index is 554. The van der Waals surface area contributed by atoms with Crippen molar-refractivity contribution in [1.82, 2.24) is 4.31 Å². The van der Waals surface area contributed by atoms with E-state index in [1.165, 1.54) is 0 Å². The SMILES string of the molecule is CCC1CCN(S(=O)(=O)c2cccc(CO)c2C)C1. The fourth-order valence-corrected chi connectivity index (χ4v) is 4.40. The molecule has 0 spiro atoms. The predicted octanol–water partition coefficient (Wildman–Crippen LogP) is 1.91. The molecule has 1 saturated heterocycles. The molecule has 1 aromatic rings. The standard InChI is InChI=1S/C14H21NO3S/c1-3-12-7-8-15(9-12)19(17,18)14-6-4-5-13(10-16)11(14)2/h4-6,12,16H,3,7-10H2,1-2H3. The van der Waals surface area contributed by atoms with E-state index in [0.29, 0.717) is 35.0 Å². The smallest absolute Gasteiger partial charge is 0.243 e. The van der Waals surface area contributed by atoms with Gasteiger partial charge in [0.15, 0.2) is 0 Å². The Morgan fingerprint density at radius 3 is 2.74 bits per heavy atom. The molecule has 0 aliphatic carbocycles. The molecule has 4 nitrogen and oxygen atoms in total. The van der Waals surface area contributed by atoms with Gasteiger partial charge in [0.05, 0.1) is 11.5 Å². The first-order valence-corrected chi connectivity index (χ1v) is 8.14. The monoisotopic (exact) mass is 283 g/mol. The van der Waals surface area contributed by atoms with Crippen molar-refractivity contribution in [3.8, 4) is 0 Å².